The van der Waals surface area contributed by atoms with Gasteiger partial charge in [-0.3, -0.25) is 13.9 Å². The lowest BCUT2D eigenvalue weighted by atomic mass is 10.0. The van der Waals surface area contributed by atoms with E-state index in [2.05, 4.69) is 5.32 Å². The molecule has 4 rings (SSSR count). The van der Waals surface area contributed by atoms with Crippen LogP contribution >= 0.6 is 11.6 Å². The van der Waals surface area contributed by atoms with Crippen LogP contribution in [0, 0.1) is 0 Å². The van der Waals surface area contributed by atoms with Crippen molar-refractivity contribution >= 4 is 39.1 Å². The summed E-state index contributed by atoms with van der Waals surface area (Å²) in [5.74, 6) is -1.26. The zero-order valence-electron chi connectivity index (χ0n) is 25.0. The molecule has 0 aliphatic rings. The summed E-state index contributed by atoms with van der Waals surface area (Å²) in [5, 5.41) is 3.22. The van der Waals surface area contributed by atoms with E-state index in [9.17, 15) is 31.2 Å². The number of rotatable bonds is 13. The van der Waals surface area contributed by atoms with Gasteiger partial charge in [0.15, 0.2) is 0 Å². The highest BCUT2D eigenvalue weighted by molar-refractivity contribution is 7.92. The molecule has 0 fully saturated rings. The third-order valence-electron chi connectivity index (χ3n) is 7.13. The molecule has 0 spiro atoms. The number of carbonyl (C=O) groups excluding carboxylic acids is 2. The molecule has 0 saturated heterocycles. The number of nitrogens with one attached hydrogen (secondary N) is 1. The Hall–Kier alpha value is -4.35. The van der Waals surface area contributed by atoms with Crippen molar-refractivity contribution in [3.05, 3.63) is 131 Å². The number of hydrogen-bond donors (Lipinski definition) is 1. The van der Waals surface area contributed by atoms with Crippen molar-refractivity contribution in [2.75, 3.05) is 17.4 Å². The second kappa shape index (κ2) is 15.3. The predicted octanol–water partition coefficient (Wildman–Crippen LogP) is 6.72. The Kier molecular flexibility index (Phi) is 11.5. The van der Waals surface area contributed by atoms with Gasteiger partial charge in [-0.25, -0.2) is 8.42 Å². The van der Waals surface area contributed by atoms with Crippen LogP contribution in [-0.2, 0) is 38.8 Å². The van der Waals surface area contributed by atoms with Gasteiger partial charge in [0.2, 0.25) is 11.8 Å². The van der Waals surface area contributed by atoms with E-state index in [-0.39, 0.29) is 23.5 Å². The molecule has 0 unspecified atom stereocenters. The fourth-order valence-electron chi connectivity index (χ4n) is 4.84. The Morgan fingerprint density at radius 2 is 1.48 bits per heavy atom. The highest BCUT2D eigenvalue weighted by atomic mass is 35.5. The van der Waals surface area contributed by atoms with Crippen LogP contribution in [0.3, 0.4) is 0 Å². The predicted molar refractivity (Wildman–Crippen MR) is 172 cm³/mol. The average molecular weight is 672 g/mol. The molecule has 12 heteroatoms. The number of anilines is 1. The van der Waals surface area contributed by atoms with Gasteiger partial charge >= 0.3 is 6.18 Å². The second-order valence-electron chi connectivity index (χ2n) is 10.5. The summed E-state index contributed by atoms with van der Waals surface area (Å²) in [6.45, 7) is 1.20. The molecule has 1 atom stereocenters. The summed E-state index contributed by atoms with van der Waals surface area (Å²) in [6.07, 6.45) is -4.04. The molecule has 1 N–H and O–H groups in total. The number of halogens is 4. The molecule has 242 valence electrons. The maximum atomic E-state index is 14.4. The van der Waals surface area contributed by atoms with Gasteiger partial charge in [-0.1, -0.05) is 85.3 Å². The zero-order chi connectivity index (χ0) is 33.3. The minimum Gasteiger partial charge on any atom is -0.354 e. The number of sulfonamides is 1. The maximum Gasteiger partial charge on any atom is 0.416 e. The van der Waals surface area contributed by atoms with Crippen LogP contribution in [0.15, 0.2) is 114 Å². The number of carbonyl (C=O) groups is 2. The van der Waals surface area contributed by atoms with E-state index in [0.29, 0.717) is 33.9 Å². The number of amides is 2. The van der Waals surface area contributed by atoms with E-state index in [0.717, 1.165) is 17.7 Å². The van der Waals surface area contributed by atoms with Gasteiger partial charge in [-0.15, -0.1) is 0 Å². The monoisotopic (exact) mass is 671 g/mol. The Bertz CT molecular complexity index is 1740. The lowest BCUT2D eigenvalue weighted by Crippen LogP contribution is -2.53. The van der Waals surface area contributed by atoms with Crippen LogP contribution in [-0.4, -0.2) is 44.3 Å². The highest BCUT2D eigenvalue weighted by Crippen LogP contribution is 2.33. The third kappa shape index (κ3) is 8.88. The van der Waals surface area contributed by atoms with Crippen molar-refractivity contribution in [2.24, 2.45) is 0 Å². The fourth-order valence-corrected chi connectivity index (χ4v) is 6.48. The van der Waals surface area contributed by atoms with E-state index in [1.807, 2.05) is 13.0 Å². The first-order valence-electron chi connectivity index (χ1n) is 14.5. The average Bonchev–Trinajstić information content (AvgIpc) is 3.04. The van der Waals surface area contributed by atoms with Crippen LogP contribution in [0.1, 0.15) is 30.0 Å². The van der Waals surface area contributed by atoms with Crippen LogP contribution in [0.25, 0.3) is 0 Å². The smallest absolute Gasteiger partial charge is 0.354 e. The SMILES string of the molecule is CCCNC(=O)[C@H](Cc1ccccc1)N(Cc1cccc(Cl)c1)C(=O)CN(c1cccc(C(F)(F)F)c1)S(=O)(=O)c1ccccc1. The Balaban J connectivity index is 1.83. The molecule has 46 heavy (non-hydrogen) atoms. The molecule has 4 aromatic carbocycles. The standard InChI is InChI=1S/C34H33ClF3N3O4S/c1-2-19-39-33(43)31(21-25-11-5-3-6-12-25)40(23-26-13-9-15-28(35)20-26)32(42)24-41(46(44,45)30-17-7-4-8-18-30)29-16-10-14-27(22-29)34(36,37)38/h3-18,20,22,31H,2,19,21,23-24H2,1H3,(H,39,43)/t31-/m0/s1. The Morgan fingerprint density at radius 1 is 0.848 bits per heavy atom. The van der Waals surface area contributed by atoms with Gasteiger partial charge in [0.25, 0.3) is 10.0 Å². The Morgan fingerprint density at radius 3 is 2.11 bits per heavy atom. The molecule has 2 amide bonds. The first-order chi connectivity index (χ1) is 21.9. The summed E-state index contributed by atoms with van der Waals surface area (Å²) < 4.78 is 69.7. The van der Waals surface area contributed by atoms with Crippen molar-refractivity contribution in [3.63, 3.8) is 0 Å². The van der Waals surface area contributed by atoms with Gasteiger partial charge in [0, 0.05) is 24.5 Å². The molecule has 0 aromatic heterocycles. The van der Waals surface area contributed by atoms with Crippen molar-refractivity contribution in [1.29, 1.82) is 0 Å². The lowest BCUT2D eigenvalue weighted by molar-refractivity contribution is -0.140. The van der Waals surface area contributed by atoms with Gasteiger partial charge in [-0.05, 0) is 60.0 Å². The molecule has 0 aliphatic heterocycles. The lowest BCUT2D eigenvalue weighted by Gasteiger charge is -2.34. The largest absolute Gasteiger partial charge is 0.416 e. The molecule has 0 saturated carbocycles. The molecule has 0 heterocycles. The van der Waals surface area contributed by atoms with E-state index >= 15 is 0 Å². The van der Waals surface area contributed by atoms with Crippen molar-refractivity contribution < 1.29 is 31.2 Å². The molecular weight excluding hydrogens is 639 g/mol. The van der Waals surface area contributed by atoms with Crippen molar-refractivity contribution in [2.45, 2.75) is 43.4 Å². The zero-order valence-corrected chi connectivity index (χ0v) is 26.5. The van der Waals surface area contributed by atoms with E-state index in [1.165, 1.54) is 35.2 Å². The molecular formula is C34H33ClF3N3O4S. The maximum absolute atomic E-state index is 14.4. The van der Waals surface area contributed by atoms with Gasteiger partial charge in [0.1, 0.15) is 12.6 Å². The summed E-state index contributed by atoms with van der Waals surface area (Å²) in [7, 11) is -4.55. The summed E-state index contributed by atoms with van der Waals surface area (Å²) in [6, 6.07) is 25.5. The molecule has 0 aliphatic carbocycles. The second-order valence-corrected chi connectivity index (χ2v) is 12.8. The summed E-state index contributed by atoms with van der Waals surface area (Å²) in [4.78, 5) is 29.1. The van der Waals surface area contributed by atoms with E-state index < -0.39 is 46.2 Å². The van der Waals surface area contributed by atoms with Gasteiger partial charge in [0.05, 0.1) is 16.1 Å². The van der Waals surface area contributed by atoms with E-state index in [1.54, 1.807) is 54.6 Å². The third-order valence-corrected chi connectivity index (χ3v) is 9.16. The normalized spacial score (nSPS) is 12.3. The number of alkyl halides is 3. The molecule has 7 nitrogen and oxygen atoms in total. The van der Waals surface area contributed by atoms with Crippen LogP contribution in [0.4, 0.5) is 18.9 Å². The van der Waals surface area contributed by atoms with E-state index in [4.69, 9.17) is 11.6 Å². The molecule has 0 radical (unpaired) electrons. The minimum atomic E-state index is -4.76. The van der Waals surface area contributed by atoms with Crippen molar-refractivity contribution in [3.8, 4) is 0 Å². The topological polar surface area (TPSA) is 86.8 Å². The first-order valence-corrected chi connectivity index (χ1v) is 16.3. The van der Waals surface area contributed by atoms with Crippen LogP contribution in [0.2, 0.25) is 5.02 Å². The Labute approximate surface area is 271 Å². The summed E-state index contributed by atoms with van der Waals surface area (Å²) in [5.41, 5.74) is -0.124. The number of hydrogen-bond acceptors (Lipinski definition) is 4. The van der Waals surface area contributed by atoms with Crippen molar-refractivity contribution in [1.82, 2.24) is 10.2 Å². The number of nitrogens with zero attached hydrogens (tertiary/aromatic N) is 2. The first kappa shape index (κ1) is 34.5. The van der Waals surface area contributed by atoms with Gasteiger partial charge < -0.3 is 10.2 Å². The number of benzene rings is 4. The fraction of sp³-hybridized carbons (Fsp3) is 0.235. The molecule has 0 bridgehead atoms. The van der Waals surface area contributed by atoms with Crippen LogP contribution in [0.5, 0.6) is 0 Å². The minimum absolute atomic E-state index is 0.0949. The molecule has 4 aromatic rings. The van der Waals surface area contributed by atoms with Gasteiger partial charge in [-0.2, -0.15) is 13.2 Å². The highest BCUT2D eigenvalue weighted by Gasteiger charge is 2.36. The summed E-state index contributed by atoms with van der Waals surface area (Å²) >= 11 is 6.23. The van der Waals surface area contributed by atoms with Crippen LogP contribution < -0.4 is 9.62 Å². The quantitative estimate of drug-likeness (QED) is 0.171.